The van der Waals surface area contributed by atoms with Crippen molar-refractivity contribution in [2.24, 2.45) is 0 Å². The van der Waals surface area contributed by atoms with Crippen LogP contribution in [0.15, 0.2) is 24.3 Å². The topological polar surface area (TPSA) is 44.4 Å². The van der Waals surface area contributed by atoms with E-state index in [4.69, 9.17) is 11.6 Å². The highest BCUT2D eigenvalue weighted by Gasteiger charge is 2.26. The Bertz CT molecular complexity index is 466. The number of halogens is 1. The highest BCUT2D eigenvalue weighted by molar-refractivity contribution is 6.33. The van der Waals surface area contributed by atoms with Gasteiger partial charge in [-0.05, 0) is 45.5 Å². The van der Waals surface area contributed by atoms with E-state index >= 15 is 0 Å². The number of benzene rings is 1. The van der Waals surface area contributed by atoms with E-state index in [0.29, 0.717) is 16.8 Å². The van der Waals surface area contributed by atoms with Gasteiger partial charge in [-0.25, -0.2) is 0 Å². The Morgan fingerprint density at radius 1 is 1.45 bits per heavy atom. The van der Waals surface area contributed by atoms with Crippen molar-refractivity contribution in [2.75, 3.05) is 25.5 Å². The first kappa shape index (κ1) is 15.3. The molecule has 1 fully saturated rings. The molecule has 0 spiro atoms. The van der Waals surface area contributed by atoms with Crippen LogP contribution in [0.5, 0.6) is 0 Å². The van der Waals surface area contributed by atoms with Crippen molar-refractivity contribution in [2.45, 2.75) is 31.8 Å². The number of carbonyl (C=O) groups excluding carboxylic acids is 1. The van der Waals surface area contributed by atoms with Crippen LogP contribution in [0, 0.1) is 0 Å². The molecule has 0 radical (unpaired) electrons. The second-order valence-corrected chi connectivity index (χ2v) is 5.68. The van der Waals surface area contributed by atoms with Crippen LogP contribution in [0.25, 0.3) is 0 Å². The van der Waals surface area contributed by atoms with E-state index in [2.05, 4.69) is 15.5 Å². The first-order chi connectivity index (χ1) is 9.61. The molecule has 2 N–H and O–H groups in total. The van der Waals surface area contributed by atoms with Gasteiger partial charge in [-0.1, -0.05) is 23.7 Å². The Balaban J connectivity index is 1.96. The molecule has 1 aliphatic rings. The van der Waals surface area contributed by atoms with Crippen LogP contribution in [-0.2, 0) is 4.79 Å². The quantitative estimate of drug-likeness (QED) is 0.896. The largest absolute Gasteiger partial charge is 0.323 e. The Morgan fingerprint density at radius 2 is 2.20 bits per heavy atom. The van der Waals surface area contributed by atoms with Crippen LogP contribution in [0.4, 0.5) is 5.69 Å². The molecule has 1 aromatic rings. The predicted octanol–water partition coefficient (Wildman–Crippen LogP) is 2.35. The van der Waals surface area contributed by atoms with E-state index < -0.39 is 0 Å². The summed E-state index contributed by atoms with van der Waals surface area (Å²) in [5.41, 5.74) is 0.674. The van der Waals surface area contributed by atoms with Crippen molar-refractivity contribution in [1.82, 2.24) is 10.2 Å². The summed E-state index contributed by atoms with van der Waals surface area (Å²) in [5, 5.41) is 6.77. The summed E-state index contributed by atoms with van der Waals surface area (Å²) in [4.78, 5) is 14.5. The number of likely N-dealkylation sites (N-methyl/N-ethyl adjacent to an activating group) is 1. The molecule has 2 atom stereocenters. The molecule has 0 bridgehead atoms. The number of nitrogens with one attached hydrogen (secondary N) is 2. The minimum absolute atomic E-state index is 0.00477. The first-order valence-electron chi connectivity index (χ1n) is 7.08. The maximum atomic E-state index is 12.3. The van der Waals surface area contributed by atoms with Crippen LogP contribution >= 0.6 is 11.6 Å². The van der Waals surface area contributed by atoms with Crippen molar-refractivity contribution >= 4 is 23.2 Å². The molecule has 1 amide bonds. The second kappa shape index (κ2) is 7.07. The number of hydrogen-bond donors (Lipinski definition) is 2. The third-order valence-electron chi connectivity index (χ3n) is 3.92. The number of amides is 1. The fourth-order valence-electron chi connectivity index (χ4n) is 2.56. The molecule has 1 heterocycles. The third-order valence-corrected chi connectivity index (χ3v) is 4.25. The van der Waals surface area contributed by atoms with E-state index in [9.17, 15) is 4.79 Å². The highest BCUT2D eigenvalue weighted by atomic mass is 35.5. The van der Waals surface area contributed by atoms with Gasteiger partial charge in [0.15, 0.2) is 0 Å². The normalized spacial score (nSPS) is 21.4. The van der Waals surface area contributed by atoms with E-state index in [1.807, 2.05) is 32.2 Å². The minimum Gasteiger partial charge on any atom is -0.323 e. The zero-order valence-electron chi connectivity index (χ0n) is 12.0. The summed E-state index contributed by atoms with van der Waals surface area (Å²) in [5.74, 6) is -0.00477. The van der Waals surface area contributed by atoms with Gasteiger partial charge in [0.2, 0.25) is 5.91 Å². The van der Waals surface area contributed by atoms with Gasteiger partial charge in [-0.15, -0.1) is 0 Å². The Hall–Kier alpha value is -1.10. The standard InChI is InChI=1S/C15H22ClN3O/c1-11(19-9-5-6-12(10-19)17-2)15(20)18-14-8-4-3-7-13(14)16/h3-4,7-8,11-12,17H,5-6,9-10H2,1-2H3,(H,18,20). The molecule has 20 heavy (non-hydrogen) atoms. The smallest absolute Gasteiger partial charge is 0.241 e. The van der Waals surface area contributed by atoms with Crippen LogP contribution in [0.1, 0.15) is 19.8 Å². The average molecular weight is 296 g/mol. The number of piperidine rings is 1. The van der Waals surface area contributed by atoms with Gasteiger partial charge < -0.3 is 10.6 Å². The molecule has 2 rings (SSSR count). The van der Waals surface area contributed by atoms with Crippen LogP contribution in [0.3, 0.4) is 0 Å². The summed E-state index contributed by atoms with van der Waals surface area (Å²) in [6.45, 7) is 3.83. The van der Waals surface area contributed by atoms with Crippen LogP contribution < -0.4 is 10.6 Å². The van der Waals surface area contributed by atoms with Crippen molar-refractivity contribution in [3.05, 3.63) is 29.3 Å². The van der Waals surface area contributed by atoms with Crippen LogP contribution in [-0.4, -0.2) is 43.0 Å². The Labute approximate surface area is 125 Å². The summed E-state index contributed by atoms with van der Waals surface area (Å²) in [7, 11) is 1.97. The number of para-hydroxylation sites is 1. The summed E-state index contributed by atoms with van der Waals surface area (Å²) >= 11 is 6.07. The number of carbonyl (C=O) groups is 1. The lowest BCUT2D eigenvalue weighted by molar-refractivity contribution is -0.121. The van der Waals surface area contributed by atoms with Gasteiger partial charge in [0, 0.05) is 12.6 Å². The summed E-state index contributed by atoms with van der Waals surface area (Å²) in [6, 6.07) is 7.63. The van der Waals surface area contributed by atoms with E-state index in [1.165, 1.54) is 6.42 Å². The predicted molar refractivity (Wildman–Crippen MR) is 83.2 cm³/mol. The molecular weight excluding hydrogens is 274 g/mol. The Morgan fingerprint density at radius 3 is 2.90 bits per heavy atom. The molecule has 0 aromatic heterocycles. The molecule has 1 saturated heterocycles. The Kier molecular flexibility index (Phi) is 5.40. The third kappa shape index (κ3) is 3.72. The number of rotatable bonds is 4. The molecule has 0 aliphatic carbocycles. The van der Waals surface area contributed by atoms with E-state index in [1.54, 1.807) is 6.07 Å². The second-order valence-electron chi connectivity index (χ2n) is 5.27. The summed E-state index contributed by atoms with van der Waals surface area (Å²) < 4.78 is 0. The van der Waals surface area contributed by atoms with Gasteiger partial charge in [-0.2, -0.15) is 0 Å². The average Bonchev–Trinajstić information content (AvgIpc) is 2.48. The van der Waals surface area contributed by atoms with Crippen molar-refractivity contribution in [3.63, 3.8) is 0 Å². The molecular formula is C15H22ClN3O. The lowest BCUT2D eigenvalue weighted by Crippen LogP contribution is -2.51. The number of nitrogens with zero attached hydrogens (tertiary/aromatic N) is 1. The number of likely N-dealkylation sites (tertiary alicyclic amines) is 1. The van der Waals surface area contributed by atoms with Gasteiger partial charge in [-0.3, -0.25) is 9.69 Å². The maximum absolute atomic E-state index is 12.3. The maximum Gasteiger partial charge on any atom is 0.241 e. The molecule has 4 nitrogen and oxygen atoms in total. The van der Waals surface area contributed by atoms with Gasteiger partial charge >= 0.3 is 0 Å². The first-order valence-corrected chi connectivity index (χ1v) is 7.46. The van der Waals surface area contributed by atoms with Crippen molar-refractivity contribution in [1.29, 1.82) is 0 Å². The highest BCUT2D eigenvalue weighted by Crippen LogP contribution is 2.21. The molecule has 5 heteroatoms. The minimum atomic E-state index is -0.151. The number of anilines is 1. The fourth-order valence-corrected chi connectivity index (χ4v) is 2.74. The molecule has 1 aliphatic heterocycles. The van der Waals surface area contributed by atoms with Gasteiger partial charge in [0.25, 0.3) is 0 Å². The van der Waals surface area contributed by atoms with Crippen molar-refractivity contribution in [3.8, 4) is 0 Å². The zero-order valence-corrected chi connectivity index (χ0v) is 12.8. The van der Waals surface area contributed by atoms with Gasteiger partial charge in [0.1, 0.15) is 0 Å². The van der Waals surface area contributed by atoms with Gasteiger partial charge in [0.05, 0.1) is 16.8 Å². The summed E-state index contributed by atoms with van der Waals surface area (Å²) in [6.07, 6.45) is 2.29. The van der Waals surface area contributed by atoms with Crippen LogP contribution in [0.2, 0.25) is 5.02 Å². The molecule has 1 aromatic carbocycles. The lowest BCUT2D eigenvalue weighted by atomic mass is 10.0. The molecule has 2 unspecified atom stereocenters. The number of hydrogen-bond acceptors (Lipinski definition) is 3. The fraction of sp³-hybridized carbons (Fsp3) is 0.533. The van der Waals surface area contributed by atoms with Crippen molar-refractivity contribution < 1.29 is 4.79 Å². The molecule has 110 valence electrons. The monoisotopic (exact) mass is 295 g/mol. The SMILES string of the molecule is CNC1CCCN(C(C)C(=O)Nc2ccccc2Cl)C1. The lowest BCUT2D eigenvalue weighted by Gasteiger charge is -2.35. The van der Waals surface area contributed by atoms with E-state index in [0.717, 1.165) is 19.5 Å². The van der Waals surface area contributed by atoms with E-state index in [-0.39, 0.29) is 11.9 Å². The molecule has 0 saturated carbocycles. The zero-order chi connectivity index (χ0) is 14.5.